The Morgan fingerprint density at radius 2 is 1.73 bits per heavy atom. The van der Waals surface area contributed by atoms with Crippen molar-refractivity contribution < 1.29 is 18.3 Å². The monoisotopic (exact) mass is 428 g/mol. The second-order valence-corrected chi connectivity index (χ2v) is 9.24. The Kier molecular flexibility index (Phi) is 5.85. The molecule has 4 rings (SSSR count). The Labute approximate surface area is 175 Å². The topological polar surface area (TPSA) is 105 Å². The number of hydrogen-bond donors (Lipinski definition) is 2. The molecule has 2 N–H and O–H groups in total. The minimum absolute atomic E-state index is 0.00969. The first-order valence-corrected chi connectivity index (χ1v) is 11.4. The van der Waals surface area contributed by atoms with Crippen molar-refractivity contribution in [1.82, 2.24) is 13.9 Å². The Morgan fingerprint density at radius 1 is 1.03 bits per heavy atom. The highest BCUT2D eigenvalue weighted by Gasteiger charge is 2.25. The molecule has 158 valence electrons. The van der Waals surface area contributed by atoms with Gasteiger partial charge in [0.2, 0.25) is 15.9 Å². The SMILES string of the molecule is O=C(Cn1c(CO)nc2ccccc21)Nc1ccc(S(=O)(=O)N2CCCCC2)cc1. The van der Waals surface area contributed by atoms with Gasteiger partial charge in [-0.05, 0) is 49.2 Å². The normalized spacial score (nSPS) is 15.4. The summed E-state index contributed by atoms with van der Waals surface area (Å²) in [6.07, 6.45) is 2.82. The zero-order valence-electron chi connectivity index (χ0n) is 16.5. The summed E-state index contributed by atoms with van der Waals surface area (Å²) < 4.78 is 28.6. The molecular formula is C21H24N4O4S. The first-order valence-electron chi connectivity index (χ1n) is 9.94. The molecule has 0 atom stereocenters. The number of para-hydroxylation sites is 2. The number of nitrogens with zero attached hydrogens (tertiary/aromatic N) is 3. The van der Waals surface area contributed by atoms with Gasteiger partial charge in [-0.1, -0.05) is 18.6 Å². The van der Waals surface area contributed by atoms with Crippen LogP contribution in [0.2, 0.25) is 0 Å². The fourth-order valence-electron chi connectivity index (χ4n) is 3.73. The predicted molar refractivity (Wildman–Crippen MR) is 113 cm³/mol. The van der Waals surface area contributed by atoms with Crippen molar-refractivity contribution in [3.8, 4) is 0 Å². The Hall–Kier alpha value is -2.75. The fraction of sp³-hybridized carbons (Fsp3) is 0.333. The van der Waals surface area contributed by atoms with Gasteiger partial charge in [-0.3, -0.25) is 4.79 Å². The van der Waals surface area contributed by atoms with Crippen molar-refractivity contribution in [1.29, 1.82) is 0 Å². The summed E-state index contributed by atoms with van der Waals surface area (Å²) in [6, 6.07) is 13.6. The molecule has 0 unspecified atom stereocenters. The van der Waals surface area contributed by atoms with Gasteiger partial charge in [0, 0.05) is 18.8 Å². The van der Waals surface area contributed by atoms with E-state index in [-0.39, 0.29) is 24.0 Å². The van der Waals surface area contributed by atoms with Crippen molar-refractivity contribution in [2.45, 2.75) is 37.3 Å². The molecule has 9 heteroatoms. The molecule has 1 aromatic heterocycles. The molecule has 0 spiro atoms. The van der Waals surface area contributed by atoms with E-state index < -0.39 is 10.0 Å². The fourth-order valence-corrected chi connectivity index (χ4v) is 5.25. The van der Waals surface area contributed by atoms with Crippen LogP contribution in [0.4, 0.5) is 5.69 Å². The first kappa shape index (κ1) is 20.5. The molecule has 1 amide bonds. The van der Waals surface area contributed by atoms with Crippen LogP contribution in [0.25, 0.3) is 11.0 Å². The number of anilines is 1. The summed E-state index contributed by atoms with van der Waals surface area (Å²) in [5.74, 6) is 0.119. The number of sulfonamides is 1. The molecule has 1 aliphatic heterocycles. The lowest BCUT2D eigenvalue weighted by Crippen LogP contribution is -2.35. The van der Waals surface area contributed by atoms with Gasteiger partial charge >= 0.3 is 0 Å². The zero-order valence-corrected chi connectivity index (χ0v) is 17.3. The number of aliphatic hydroxyl groups is 1. The number of imidazole rings is 1. The van der Waals surface area contributed by atoms with Gasteiger partial charge in [-0.25, -0.2) is 13.4 Å². The van der Waals surface area contributed by atoms with Crippen LogP contribution in [0.5, 0.6) is 0 Å². The van der Waals surface area contributed by atoms with Gasteiger partial charge in [0.1, 0.15) is 19.0 Å². The molecule has 3 aromatic rings. The molecule has 8 nitrogen and oxygen atoms in total. The molecular weight excluding hydrogens is 404 g/mol. The Morgan fingerprint density at radius 3 is 2.43 bits per heavy atom. The smallest absolute Gasteiger partial charge is 0.244 e. The average Bonchev–Trinajstić information content (AvgIpc) is 3.12. The quantitative estimate of drug-likeness (QED) is 0.627. The molecule has 2 heterocycles. The van der Waals surface area contributed by atoms with Crippen LogP contribution in [0.1, 0.15) is 25.1 Å². The van der Waals surface area contributed by atoms with E-state index in [1.54, 1.807) is 16.7 Å². The zero-order chi connectivity index (χ0) is 21.1. The third kappa shape index (κ3) is 4.09. The number of carbonyl (C=O) groups excluding carboxylic acids is 1. The number of rotatable bonds is 6. The molecule has 0 radical (unpaired) electrons. The second kappa shape index (κ2) is 8.55. The van der Waals surface area contributed by atoms with E-state index in [9.17, 15) is 18.3 Å². The first-order chi connectivity index (χ1) is 14.5. The number of fused-ring (bicyclic) bond motifs is 1. The van der Waals surface area contributed by atoms with Crippen molar-refractivity contribution >= 4 is 32.7 Å². The Balaban J connectivity index is 1.47. The summed E-state index contributed by atoms with van der Waals surface area (Å²) in [5.41, 5.74) is 1.98. The minimum Gasteiger partial charge on any atom is -0.388 e. The molecule has 0 saturated carbocycles. The molecule has 1 fully saturated rings. The maximum atomic E-state index is 12.7. The van der Waals surface area contributed by atoms with E-state index in [4.69, 9.17) is 0 Å². The van der Waals surface area contributed by atoms with Crippen LogP contribution < -0.4 is 5.32 Å². The Bertz CT molecular complexity index is 1150. The highest BCUT2D eigenvalue weighted by atomic mass is 32.2. The molecule has 0 aliphatic carbocycles. The summed E-state index contributed by atoms with van der Waals surface area (Å²) in [5, 5.41) is 12.3. The van der Waals surface area contributed by atoms with Crippen molar-refractivity contribution in [2.75, 3.05) is 18.4 Å². The van der Waals surface area contributed by atoms with Crippen LogP contribution in [-0.2, 0) is 28.0 Å². The molecule has 2 aromatic carbocycles. The van der Waals surface area contributed by atoms with Crippen LogP contribution in [0.3, 0.4) is 0 Å². The number of piperidine rings is 1. The molecule has 1 aliphatic rings. The van der Waals surface area contributed by atoms with Gasteiger partial charge in [-0.2, -0.15) is 4.31 Å². The standard InChI is InChI=1S/C21H24N4O4S/c26-15-20-23-18-6-2-3-7-19(18)25(20)14-21(27)22-16-8-10-17(11-9-16)30(28,29)24-12-4-1-5-13-24/h2-3,6-11,26H,1,4-5,12-15H2,(H,22,27). The van der Waals surface area contributed by atoms with E-state index >= 15 is 0 Å². The van der Waals surface area contributed by atoms with Crippen LogP contribution >= 0.6 is 0 Å². The summed E-state index contributed by atoms with van der Waals surface area (Å²) in [6.45, 7) is 0.814. The number of amides is 1. The lowest BCUT2D eigenvalue weighted by molar-refractivity contribution is -0.116. The average molecular weight is 429 g/mol. The number of benzene rings is 2. The highest BCUT2D eigenvalue weighted by molar-refractivity contribution is 7.89. The van der Waals surface area contributed by atoms with Crippen molar-refractivity contribution in [3.63, 3.8) is 0 Å². The number of aliphatic hydroxyl groups excluding tert-OH is 1. The van der Waals surface area contributed by atoms with E-state index in [1.807, 2.05) is 24.3 Å². The molecule has 0 bridgehead atoms. The minimum atomic E-state index is -3.50. The maximum Gasteiger partial charge on any atom is 0.244 e. The third-order valence-electron chi connectivity index (χ3n) is 5.27. The number of aromatic nitrogens is 2. The van der Waals surface area contributed by atoms with Crippen LogP contribution in [0.15, 0.2) is 53.4 Å². The summed E-state index contributed by atoms with van der Waals surface area (Å²) in [7, 11) is -3.50. The summed E-state index contributed by atoms with van der Waals surface area (Å²) in [4.78, 5) is 17.1. The summed E-state index contributed by atoms with van der Waals surface area (Å²) >= 11 is 0. The van der Waals surface area contributed by atoms with E-state index in [0.29, 0.717) is 30.1 Å². The van der Waals surface area contributed by atoms with Gasteiger partial charge < -0.3 is 15.0 Å². The van der Waals surface area contributed by atoms with Crippen molar-refractivity contribution in [2.24, 2.45) is 0 Å². The van der Waals surface area contributed by atoms with Crippen molar-refractivity contribution in [3.05, 3.63) is 54.4 Å². The van der Waals surface area contributed by atoms with E-state index in [0.717, 1.165) is 24.8 Å². The largest absolute Gasteiger partial charge is 0.388 e. The molecule has 1 saturated heterocycles. The van der Waals surface area contributed by atoms with Gasteiger partial charge in [0.25, 0.3) is 0 Å². The second-order valence-electron chi connectivity index (χ2n) is 7.30. The van der Waals surface area contributed by atoms with E-state index in [2.05, 4.69) is 10.3 Å². The predicted octanol–water partition coefficient (Wildman–Crippen LogP) is 2.34. The van der Waals surface area contributed by atoms with Gasteiger partial charge in [0.05, 0.1) is 15.9 Å². The maximum absolute atomic E-state index is 12.7. The van der Waals surface area contributed by atoms with Crippen LogP contribution in [0, 0.1) is 0 Å². The molecule has 30 heavy (non-hydrogen) atoms. The van der Waals surface area contributed by atoms with Gasteiger partial charge in [0.15, 0.2) is 0 Å². The number of hydrogen-bond acceptors (Lipinski definition) is 5. The number of nitrogens with one attached hydrogen (secondary N) is 1. The van der Waals surface area contributed by atoms with Gasteiger partial charge in [-0.15, -0.1) is 0 Å². The lowest BCUT2D eigenvalue weighted by Gasteiger charge is -2.25. The number of carbonyl (C=O) groups is 1. The third-order valence-corrected chi connectivity index (χ3v) is 7.18. The van der Waals surface area contributed by atoms with E-state index in [1.165, 1.54) is 16.4 Å². The highest BCUT2D eigenvalue weighted by Crippen LogP contribution is 2.22. The van der Waals surface area contributed by atoms with Crippen LogP contribution in [-0.4, -0.2) is 46.4 Å². The lowest BCUT2D eigenvalue weighted by atomic mass is 10.2.